The summed E-state index contributed by atoms with van der Waals surface area (Å²) >= 11 is 0. The average molecular weight is 741 g/mol. The summed E-state index contributed by atoms with van der Waals surface area (Å²) in [6.07, 6.45) is 6.69. The van der Waals surface area contributed by atoms with Crippen molar-refractivity contribution in [3.8, 4) is 56.5 Å². The molecule has 0 saturated heterocycles. The van der Waals surface area contributed by atoms with Gasteiger partial charge in [0.15, 0.2) is 5.82 Å². The highest BCUT2D eigenvalue weighted by molar-refractivity contribution is 6.08. The zero-order valence-electron chi connectivity index (χ0n) is 31.7. The first-order chi connectivity index (χ1) is 28.7. The lowest BCUT2D eigenvalue weighted by atomic mass is 9.63. The molecule has 0 N–H and O–H groups in total. The van der Waals surface area contributed by atoms with Crippen LogP contribution >= 0.6 is 0 Å². The van der Waals surface area contributed by atoms with E-state index in [4.69, 9.17) is 14.7 Å². The van der Waals surface area contributed by atoms with E-state index in [1.807, 2.05) is 6.07 Å². The highest BCUT2D eigenvalue weighted by Gasteiger charge is 2.52. The van der Waals surface area contributed by atoms with Crippen LogP contribution < -0.4 is 4.74 Å². The van der Waals surface area contributed by atoms with Crippen LogP contribution in [0.1, 0.15) is 35.1 Å². The third-order valence-electron chi connectivity index (χ3n) is 12.4. The fourth-order valence-electron chi connectivity index (χ4n) is 9.90. The topological polar surface area (TPSA) is 35.0 Å². The SMILES string of the molecule is C1=CC2=C(CC1)C1(c3ccccc3Oc3c(-c4cccc(-c5nc(-c6ccccc6)cc(-c6ccc7c(ccc8ccccc87)c6)n5)c4)cccc31)c1ccccc12. The van der Waals surface area contributed by atoms with E-state index in [0.717, 1.165) is 63.5 Å². The molecular formula is C55H36N2O. The van der Waals surface area contributed by atoms with E-state index in [0.29, 0.717) is 5.82 Å². The Morgan fingerprint density at radius 2 is 1.16 bits per heavy atom. The number of rotatable bonds is 4. The van der Waals surface area contributed by atoms with Gasteiger partial charge in [-0.2, -0.15) is 0 Å². The van der Waals surface area contributed by atoms with Gasteiger partial charge in [-0.05, 0) is 86.5 Å². The minimum atomic E-state index is -0.442. The number of allylic oxidation sites excluding steroid dienone is 4. The van der Waals surface area contributed by atoms with Crippen LogP contribution in [0.2, 0.25) is 0 Å². The average Bonchev–Trinajstić information content (AvgIpc) is 3.59. The van der Waals surface area contributed by atoms with E-state index >= 15 is 0 Å². The summed E-state index contributed by atoms with van der Waals surface area (Å²) in [6.45, 7) is 0. The number of para-hydroxylation sites is 2. The summed E-state index contributed by atoms with van der Waals surface area (Å²) in [5.41, 5.74) is 14.3. The summed E-state index contributed by atoms with van der Waals surface area (Å²) in [5.74, 6) is 2.49. The molecule has 0 bridgehead atoms. The van der Waals surface area contributed by atoms with Crippen LogP contribution in [0.15, 0.2) is 200 Å². The summed E-state index contributed by atoms with van der Waals surface area (Å²) in [6, 6.07) is 65.1. The van der Waals surface area contributed by atoms with Crippen LogP contribution in [0.5, 0.6) is 11.5 Å². The molecule has 0 fully saturated rings. The molecule has 0 amide bonds. The minimum Gasteiger partial charge on any atom is -0.456 e. The highest BCUT2D eigenvalue weighted by Crippen LogP contribution is 2.63. The first kappa shape index (κ1) is 32.8. The van der Waals surface area contributed by atoms with Crippen LogP contribution in [0, 0.1) is 0 Å². The second-order valence-corrected chi connectivity index (χ2v) is 15.5. The van der Waals surface area contributed by atoms with Crippen LogP contribution in [0.3, 0.4) is 0 Å². The van der Waals surface area contributed by atoms with Crippen molar-refractivity contribution in [2.45, 2.75) is 18.3 Å². The first-order valence-corrected chi connectivity index (χ1v) is 20.1. The summed E-state index contributed by atoms with van der Waals surface area (Å²) in [4.78, 5) is 10.5. The van der Waals surface area contributed by atoms with E-state index in [1.165, 1.54) is 54.9 Å². The number of benzene rings is 8. The zero-order valence-corrected chi connectivity index (χ0v) is 31.7. The summed E-state index contributed by atoms with van der Waals surface area (Å²) in [5, 5.41) is 4.91. The Kier molecular flexibility index (Phi) is 7.27. The maximum atomic E-state index is 7.03. The van der Waals surface area contributed by atoms with Crippen molar-refractivity contribution in [1.82, 2.24) is 9.97 Å². The van der Waals surface area contributed by atoms with Crippen LogP contribution in [-0.4, -0.2) is 9.97 Å². The van der Waals surface area contributed by atoms with Crippen LogP contribution in [0.25, 0.3) is 72.1 Å². The molecule has 1 unspecified atom stereocenters. The quantitative estimate of drug-likeness (QED) is 0.169. The Morgan fingerprint density at radius 3 is 2.09 bits per heavy atom. The monoisotopic (exact) mass is 740 g/mol. The predicted molar refractivity (Wildman–Crippen MR) is 237 cm³/mol. The molecule has 0 radical (unpaired) electrons. The second kappa shape index (κ2) is 12.8. The molecule has 272 valence electrons. The molecular weight excluding hydrogens is 705 g/mol. The predicted octanol–water partition coefficient (Wildman–Crippen LogP) is 14.0. The van der Waals surface area contributed by atoms with Gasteiger partial charge in [0.05, 0.1) is 16.8 Å². The molecule has 9 aromatic rings. The Hall–Kier alpha value is -7.36. The van der Waals surface area contributed by atoms with Crippen molar-refractivity contribution in [2.75, 3.05) is 0 Å². The third-order valence-corrected chi connectivity index (χ3v) is 12.4. The lowest BCUT2D eigenvalue weighted by molar-refractivity contribution is 0.433. The number of hydrogen-bond acceptors (Lipinski definition) is 3. The number of ether oxygens (including phenoxy) is 1. The van der Waals surface area contributed by atoms with Crippen molar-refractivity contribution in [3.63, 3.8) is 0 Å². The molecule has 3 nitrogen and oxygen atoms in total. The molecule has 58 heavy (non-hydrogen) atoms. The zero-order chi connectivity index (χ0) is 38.2. The Balaban J connectivity index is 1.03. The molecule has 8 aromatic carbocycles. The van der Waals surface area contributed by atoms with Gasteiger partial charge in [-0.25, -0.2) is 9.97 Å². The smallest absolute Gasteiger partial charge is 0.160 e. The molecule has 0 saturated carbocycles. The molecule has 12 rings (SSSR count). The summed E-state index contributed by atoms with van der Waals surface area (Å²) < 4.78 is 7.03. The number of nitrogens with zero attached hydrogens (tertiary/aromatic N) is 2. The van der Waals surface area contributed by atoms with Crippen molar-refractivity contribution in [2.24, 2.45) is 0 Å². The first-order valence-electron chi connectivity index (χ1n) is 20.1. The van der Waals surface area contributed by atoms with E-state index in [-0.39, 0.29) is 0 Å². The number of aromatic nitrogens is 2. The van der Waals surface area contributed by atoms with Crippen molar-refractivity contribution >= 4 is 27.1 Å². The lowest BCUT2D eigenvalue weighted by Crippen LogP contribution is -2.33. The molecule has 2 heterocycles. The van der Waals surface area contributed by atoms with E-state index in [2.05, 4.69) is 188 Å². The fraction of sp³-hybridized carbons (Fsp3) is 0.0545. The highest BCUT2D eigenvalue weighted by atomic mass is 16.5. The van der Waals surface area contributed by atoms with Gasteiger partial charge in [-0.15, -0.1) is 0 Å². The van der Waals surface area contributed by atoms with Crippen LogP contribution in [-0.2, 0) is 5.41 Å². The van der Waals surface area contributed by atoms with E-state index in [9.17, 15) is 0 Å². The lowest BCUT2D eigenvalue weighted by Gasteiger charge is -2.41. The van der Waals surface area contributed by atoms with Gasteiger partial charge in [0, 0.05) is 33.4 Å². The van der Waals surface area contributed by atoms with Crippen molar-refractivity contribution in [1.29, 1.82) is 0 Å². The molecule has 1 atom stereocenters. The minimum absolute atomic E-state index is 0.442. The Bertz CT molecular complexity index is 3210. The standard InChI is InChI=1S/C55H36N2O/c1-2-15-36(16-3-1)50-34-51(39-30-31-42-38(32-39)29-28-35-14-4-5-19-41(35)42)57-54(56-50)40-18-12-17-37(33-40)43-22-13-26-49-53(43)58-52-27-11-10-25-48(52)55(49)46-23-8-6-20-44(46)45-21-7-9-24-47(45)55/h1-8,10-23,25-34H,9,24H2. The van der Waals surface area contributed by atoms with Crippen LogP contribution in [0.4, 0.5) is 0 Å². The fourth-order valence-corrected chi connectivity index (χ4v) is 9.90. The molecule has 3 aliphatic rings. The third kappa shape index (κ3) is 4.86. The van der Waals surface area contributed by atoms with E-state index < -0.39 is 5.41 Å². The van der Waals surface area contributed by atoms with Gasteiger partial charge in [0.2, 0.25) is 0 Å². The van der Waals surface area contributed by atoms with Crippen molar-refractivity contribution in [3.05, 3.63) is 222 Å². The Labute approximate surface area is 337 Å². The van der Waals surface area contributed by atoms with Gasteiger partial charge in [-0.1, -0.05) is 170 Å². The molecule has 1 aliphatic heterocycles. The van der Waals surface area contributed by atoms with Gasteiger partial charge in [0.25, 0.3) is 0 Å². The molecule has 3 heteroatoms. The van der Waals surface area contributed by atoms with Gasteiger partial charge in [0.1, 0.15) is 11.5 Å². The normalized spacial score (nSPS) is 16.2. The Morgan fingerprint density at radius 1 is 0.466 bits per heavy atom. The van der Waals surface area contributed by atoms with E-state index in [1.54, 1.807) is 0 Å². The maximum absolute atomic E-state index is 7.03. The summed E-state index contributed by atoms with van der Waals surface area (Å²) in [7, 11) is 0. The van der Waals surface area contributed by atoms with Gasteiger partial charge < -0.3 is 4.74 Å². The van der Waals surface area contributed by atoms with Crippen molar-refractivity contribution < 1.29 is 4.74 Å². The molecule has 1 aromatic heterocycles. The number of fused-ring (bicyclic) bond motifs is 11. The molecule has 2 aliphatic carbocycles. The maximum Gasteiger partial charge on any atom is 0.160 e. The molecule has 1 spiro atoms. The largest absolute Gasteiger partial charge is 0.456 e. The number of hydrogen-bond donors (Lipinski definition) is 0. The second-order valence-electron chi connectivity index (χ2n) is 15.5. The van der Waals surface area contributed by atoms with Gasteiger partial charge >= 0.3 is 0 Å². The van der Waals surface area contributed by atoms with Gasteiger partial charge in [-0.3, -0.25) is 0 Å².